The molecule has 1 unspecified atom stereocenters. The molecule has 0 aliphatic rings. The molecular formula is C17H25NO. The highest BCUT2D eigenvalue weighted by Gasteiger charge is 2.14. The van der Waals surface area contributed by atoms with Crippen molar-refractivity contribution in [3.05, 3.63) is 36.1 Å². The van der Waals surface area contributed by atoms with Crippen LogP contribution in [0, 0.1) is 0 Å². The lowest BCUT2D eigenvalue weighted by molar-refractivity contribution is 0.403. The van der Waals surface area contributed by atoms with E-state index >= 15 is 0 Å². The Hall–Kier alpha value is -1.28. The van der Waals surface area contributed by atoms with E-state index in [0.29, 0.717) is 6.04 Å². The monoisotopic (exact) mass is 259 g/mol. The van der Waals surface area contributed by atoms with Crippen LogP contribution in [0.5, 0.6) is 0 Å². The molecule has 104 valence electrons. The van der Waals surface area contributed by atoms with Gasteiger partial charge in [-0.05, 0) is 25.1 Å². The van der Waals surface area contributed by atoms with Crippen molar-refractivity contribution < 1.29 is 4.42 Å². The molecule has 19 heavy (non-hydrogen) atoms. The Morgan fingerprint density at radius 2 is 1.95 bits per heavy atom. The highest BCUT2D eigenvalue weighted by molar-refractivity contribution is 5.77. The Balaban J connectivity index is 2.04. The third-order valence-electron chi connectivity index (χ3n) is 3.58. The van der Waals surface area contributed by atoms with Gasteiger partial charge in [-0.15, -0.1) is 0 Å². The van der Waals surface area contributed by atoms with Crippen molar-refractivity contribution in [3.8, 4) is 0 Å². The van der Waals surface area contributed by atoms with Gasteiger partial charge in [0, 0.05) is 5.39 Å². The SMILES string of the molecule is CCCCCCC(NCC)c1cc2ccccc2o1. The molecule has 1 heterocycles. The van der Waals surface area contributed by atoms with Gasteiger partial charge in [-0.1, -0.05) is 57.7 Å². The lowest BCUT2D eigenvalue weighted by atomic mass is 10.0. The van der Waals surface area contributed by atoms with Crippen LogP contribution in [0.4, 0.5) is 0 Å². The summed E-state index contributed by atoms with van der Waals surface area (Å²) in [5, 5.41) is 4.75. The summed E-state index contributed by atoms with van der Waals surface area (Å²) in [5.74, 6) is 1.08. The van der Waals surface area contributed by atoms with Crippen LogP contribution in [0.3, 0.4) is 0 Å². The predicted octanol–water partition coefficient (Wildman–Crippen LogP) is 5.05. The molecule has 0 amide bonds. The molecule has 2 rings (SSSR count). The van der Waals surface area contributed by atoms with Crippen molar-refractivity contribution in [1.82, 2.24) is 5.32 Å². The third kappa shape index (κ3) is 3.84. The molecule has 2 heteroatoms. The number of unbranched alkanes of at least 4 members (excludes halogenated alkanes) is 3. The van der Waals surface area contributed by atoms with E-state index in [1.807, 2.05) is 12.1 Å². The van der Waals surface area contributed by atoms with Crippen LogP contribution in [0.1, 0.15) is 57.8 Å². The molecule has 1 atom stereocenters. The van der Waals surface area contributed by atoms with Gasteiger partial charge in [0.25, 0.3) is 0 Å². The molecule has 0 radical (unpaired) electrons. The number of rotatable bonds is 8. The van der Waals surface area contributed by atoms with E-state index in [-0.39, 0.29) is 0 Å². The fourth-order valence-electron chi connectivity index (χ4n) is 2.54. The van der Waals surface area contributed by atoms with E-state index in [4.69, 9.17) is 4.42 Å². The fraction of sp³-hybridized carbons (Fsp3) is 0.529. The van der Waals surface area contributed by atoms with Crippen LogP contribution >= 0.6 is 0 Å². The summed E-state index contributed by atoms with van der Waals surface area (Å²) >= 11 is 0. The highest BCUT2D eigenvalue weighted by Crippen LogP contribution is 2.27. The van der Waals surface area contributed by atoms with Crippen molar-refractivity contribution in [2.75, 3.05) is 6.54 Å². The van der Waals surface area contributed by atoms with Crippen molar-refractivity contribution in [3.63, 3.8) is 0 Å². The topological polar surface area (TPSA) is 25.2 Å². The van der Waals surface area contributed by atoms with Crippen molar-refractivity contribution in [2.24, 2.45) is 0 Å². The lowest BCUT2D eigenvalue weighted by Gasteiger charge is -2.15. The van der Waals surface area contributed by atoms with Crippen molar-refractivity contribution in [1.29, 1.82) is 0 Å². The lowest BCUT2D eigenvalue weighted by Crippen LogP contribution is -2.20. The maximum absolute atomic E-state index is 5.98. The quantitative estimate of drug-likeness (QED) is 0.671. The highest BCUT2D eigenvalue weighted by atomic mass is 16.3. The van der Waals surface area contributed by atoms with Crippen molar-refractivity contribution >= 4 is 11.0 Å². The fourth-order valence-corrected chi connectivity index (χ4v) is 2.54. The molecule has 0 fully saturated rings. The van der Waals surface area contributed by atoms with Crippen LogP contribution in [0.25, 0.3) is 11.0 Å². The summed E-state index contributed by atoms with van der Waals surface area (Å²) in [4.78, 5) is 0. The average molecular weight is 259 g/mol. The molecule has 0 aliphatic heterocycles. The van der Waals surface area contributed by atoms with Crippen LogP contribution in [-0.2, 0) is 0 Å². The first-order valence-corrected chi connectivity index (χ1v) is 7.57. The van der Waals surface area contributed by atoms with Gasteiger partial charge in [-0.2, -0.15) is 0 Å². The molecular weight excluding hydrogens is 234 g/mol. The number of para-hydroxylation sites is 1. The third-order valence-corrected chi connectivity index (χ3v) is 3.58. The van der Waals surface area contributed by atoms with Crippen molar-refractivity contribution in [2.45, 2.75) is 52.0 Å². The Labute approximate surface area is 116 Å². The second kappa shape index (κ2) is 7.34. The second-order valence-electron chi connectivity index (χ2n) is 5.15. The van der Waals surface area contributed by atoms with E-state index in [1.165, 1.54) is 31.1 Å². The van der Waals surface area contributed by atoms with Gasteiger partial charge >= 0.3 is 0 Å². The zero-order valence-corrected chi connectivity index (χ0v) is 12.1. The number of nitrogens with one attached hydrogen (secondary N) is 1. The largest absolute Gasteiger partial charge is 0.459 e. The van der Waals surface area contributed by atoms with Crippen LogP contribution in [0.15, 0.2) is 34.7 Å². The van der Waals surface area contributed by atoms with Crippen LogP contribution in [0.2, 0.25) is 0 Å². The van der Waals surface area contributed by atoms with E-state index in [9.17, 15) is 0 Å². The molecule has 0 bridgehead atoms. The second-order valence-corrected chi connectivity index (χ2v) is 5.15. The molecule has 0 saturated heterocycles. The molecule has 1 aromatic carbocycles. The standard InChI is InChI=1S/C17H25NO/c1-3-5-6-7-11-15(18-4-2)17-13-14-10-8-9-12-16(14)19-17/h8-10,12-13,15,18H,3-7,11H2,1-2H3. The van der Waals surface area contributed by atoms with E-state index in [0.717, 1.165) is 24.3 Å². The average Bonchev–Trinajstić information content (AvgIpc) is 2.86. The van der Waals surface area contributed by atoms with Gasteiger partial charge in [-0.25, -0.2) is 0 Å². The number of hydrogen-bond acceptors (Lipinski definition) is 2. The summed E-state index contributed by atoms with van der Waals surface area (Å²) in [5.41, 5.74) is 0.994. The normalized spacial score (nSPS) is 12.9. The van der Waals surface area contributed by atoms with Gasteiger partial charge < -0.3 is 9.73 Å². The first-order valence-electron chi connectivity index (χ1n) is 7.57. The van der Waals surface area contributed by atoms with E-state index < -0.39 is 0 Å². The zero-order chi connectivity index (χ0) is 13.5. The first kappa shape index (κ1) is 14.1. The van der Waals surface area contributed by atoms with Crippen LogP contribution in [-0.4, -0.2) is 6.54 Å². The van der Waals surface area contributed by atoms with E-state index in [2.05, 4.69) is 37.4 Å². The molecule has 0 aliphatic carbocycles. The van der Waals surface area contributed by atoms with Crippen LogP contribution < -0.4 is 5.32 Å². The number of fused-ring (bicyclic) bond motifs is 1. The predicted molar refractivity (Wildman–Crippen MR) is 81.4 cm³/mol. The first-order chi connectivity index (χ1) is 9.35. The van der Waals surface area contributed by atoms with Gasteiger partial charge in [0.15, 0.2) is 0 Å². The van der Waals surface area contributed by atoms with E-state index in [1.54, 1.807) is 0 Å². The summed E-state index contributed by atoms with van der Waals surface area (Å²) in [7, 11) is 0. The number of hydrogen-bond donors (Lipinski definition) is 1. The maximum atomic E-state index is 5.98. The maximum Gasteiger partial charge on any atom is 0.134 e. The minimum Gasteiger partial charge on any atom is -0.459 e. The van der Waals surface area contributed by atoms with Gasteiger partial charge in [0.05, 0.1) is 6.04 Å². The van der Waals surface area contributed by atoms with Gasteiger partial charge in [0.1, 0.15) is 11.3 Å². The Bertz CT molecular complexity index is 456. The summed E-state index contributed by atoms with van der Waals surface area (Å²) < 4.78 is 5.98. The summed E-state index contributed by atoms with van der Waals surface area (Å²) in [6.45, 7) is 5.39. The molecule has 2 aromatic rings. The minimum absolute atomic E-state index is 0.356. The Morgan fingerprint density at radius 3 is 2.68 bits per heavy atom. The Kier molecular flexibility index (Phi) is 5.46. The molecule has 1 aromatic heterocycles. The minimum atomic E-state index is 0.356. The zero-order valence-electron chi connectivity index (χ0n) is 12.1. The van der Waals surface area contributed by atoms with Gasteiger partial charge in [-0.3, -0.25) is 0 Å². The summed E-state index contributed by atoms with van der Waals surface area (Å²) in [6.07, 6.45) is 6.37. The number of benzene rings is 1. The molecule has 0 saturated carbocycles. The smallest absolute Gasteiger partial charge is 0.134 e. The summed E-state index contributed by atoms with van der Waals surface area (Å²) in [6, 6.07) is 10.8. The Morgan fingerprint density at radius 1 is 1.11 bits per heavy atom. The van der Waals surface area contributed by atoms with Gasteiger partial charge in [0.2, 0.25) is 0 Å². The molecule has 2 nitrogen and oxygen atoms in total. The number of furan rings is 1. The molecule has 0 spiro atoms. The molecule has 1 N–H and O–H groups in total.